The highest BCUT2D eigenvalue weighted by atomic mass is 32.2. The van der Waals surface area contributed by atoms with E-state index in [0.717, 1.165) is 34.0 Å². The van der Waals surface area contributed by atoms with E-state index in [1.165, 1.54) is 0 Å². The van der Waals surface area contributed by atoms with Crippen molar-refractivity contribution in [1.29, 1.82) is 0 Å². The van der Waals surface area contributed by atoms with Gasteiger partial charge in [0.15, 0.2) is 18.2 Å². The Balaban J connectivity index is 1.52. The van der Waals surface area contributed by atoms with Crippen molar-refractivity contribution in [1.82, 2.24) is 4.31 Å². The van der Waals surface area contributed by atoms with E-state index in [9.17, 15) is 26.8 Å². The second-order valence-corrected chi connectivity index (χ2v) is 9.81. The molecule has 0 spiro atoms. The van der Waals surface area contributed by atoms with Crippen molar-refractivity contribution in [2.24, 2.45) is 5.92 Å². The van der Waals surface area contributed by atoms with Gasteiger partial charge in [-0.25, -0.2) is 17.2 Å². The predicted molar refractivity (Wildman–Crippen MR) is 118 cm³/mol. The Morgan fingerprint density at radius 2 is 1.82 bits per heavy atom. The highest BCUT2D eigenvalue weighted by Crippen LogP contribution is 2.26. The average molecular weight is 481 g/mol. The number of amides is 1. The minimum Gasteiger partial charge on any atom is -0.455 e. The Labute approximate surface area is 191 Å². The van der Waals surface area contributed by atoms with Crippen LogP contribution >= 0.6 is 0 Å². The minimum atomic E-state index is -4.01. The number of nitrogens with one attached hydrogen (secondary N) is 1. The summed E-state index contributed by atoms with van der Waals surface area (Å²) in [6.45, 7) is 3.46. The van der Waals surface area contributed by atoms with E-state index < -0.39 is 46.1 Å². The zero-order valence-corrected chi connectivity index (χ0v) is 19.3. The van der Waals surface area contributed by atoms with Crippen LogP contribution in [-0.4, -0.2) is 44.3 Å². The summed E-state index contributed by atoms with van der Waals surface area (Å²) >= 11 is 0. The topological polar surface area (TPSA) is 92.8 Å². The van der Waals surface area contributed by atoms with Gasteiger partial charge in [-0.15, -0.1) is 0 Å². The molecule has 0 aromatic heterocycles. The Bertz CT molecular complexity index is 1150. The van der Waals surface area contributed by atoms with Crippen LogP contribution < -0.4 is 5.32 Å². The van der Waals surface area contributed by atoms with E-state index in [1.807, 2.05) is 32.0 Å². The van der Waals surface area contributed by atoms with Gasteiger partial charge in [0.2, 0.25) is 10.0 Å². The van der Waals surface area contributed by atoms with Gasteiger partial charge in [0.25, 0.3) is 5.91 Å². The van der Waals surface area contributed by atoms with Crippen molar-refractivity contribution in [2.75, 3.05) is 25.0 Å². The largest absolute Gasteiger partial charge is 0.455 e. The van der Waals surface area contributed by atoms with Crippen LogP contribution in [0.4, 0.5) is 14.5 Å². The predicted octanol–water partition coefficient (Wildman–Crippen LogP) is 3.42. The van der Waals surface area contributed by atoms with E-state index in [-0.39, 0.29) is 30.8 Å². The number of piperidine rings is 1. The Morgan fingerprint density at radius 3 is 2.45 bits per heavy atom. The first-order chi connectivity index (χ1) is 15.6. The Hall–Kier alpha value is -2.85. The molecule has 0 radical (unpaired) electrons. The molecule has 7 nitrogen and oxygen atoms in total. The molecule has 33 heavy (non-hydrogen) atoms. The summed E-state index contributed by atoms with van der Waals surface area (Å²) in [6, 6.07) is 8.10. The number of aryl methyl sites for hydroxylation is 2. The number of carbonyl (C=O) groups excluding carboxylic acids is 2. The summed E-state index contributed by atoms with van der Waals surface area (Å²) in [7, 11) is -4.01. The molecule has 10 heteroatoms. The van der Waals surface area contributed by atoms with E-state index in [0.29, 0.717) is 11.8 Å². The summed E-state index contributed by atoms with van der Waals surface area (Å²) < 4.78 is 58.2. The lowest BCUT2D eigenvalue weighted by Crippen LogP contribution is -2.41. The first kappa shape index (κ1) is 24.8. The first-order valence-corrected chi connectivity index (χ1v) is 12.1. The fourth-order valence-electron chi connectivity index (χ4n) is 3.75. The monoisotopic (exact) mass is 480 g/mol. The van der Waals surface area contributed by atoms with E-state index in [1.54, 1.807) is 0 Å². The van der Waals surface area contributed by atoms with E-state index in [2.05, 4.69) is 5.32 Å². The number of hydrogen-bond donors (Lipinski definition) is 1. The molecule has 2 aromatic carbocycles. The number of carbonyl (C=O) groups is 2. The zero-order chi connectivity index (χ0) is 24.2. The molecule has 0 bridgehead atoms. The van der Waals surface area contributed by atoms with Gasteiger partial charge in [-0.1, -0.05) is 25.1 Å². The summed E-state index contributed by atoms with van der Waals surface area (Å²) in [6.07, 6.45) is 1.13. The molecule has 0 saturated carbocycles. The second kappa shape index (κ2) is 10.4. The molecule has 1 N–H and O–H groups in total. The standard InChI is InChI=1S/C23H26F2N2O5S/c1-3-16-6-4-5-15(2)22(16)26-21(28)14-32-23(29)17-9-11-27(12-10-17)33(30,31)18-7-8-19(24)20(25)13-18/h4-8,13,17H,3,9-12,14H2,1-2H3,(H,26,28). The van der Waals surface area contributed by atoms with Crippen molar-refractivity contribution >= 4 is 27.6 Å². The molecule has 1 aliphatic heterocycles. The number of ether oxygens (including phenoxy) is 1. The molecule has 0 aliphatic carbocycles. The third kappa shape index (κ3) is 5.75. The molecule has 2 aromatic rings. The molecule has 0 unspecified atom stereocenters. The summed E-state index contributed by atoms with van der Waals surface area (Å²) in [4.78, 5) is 24.3. The third-order valence-corrected chi connectivity index (χ3v) is 7.56. The molecule has 1 saturated heterocycles. The molecule has 178 valence electrons. The summed E-state index contributed by atoms with van der Waals surface area (Å²) in [5.74, 6) is -3.96. The molecular weight excluding hydrogens is 454 g/mol. The Morgan fingerprint density at radius 1 is 1.12 bits per heavy atom. The maximum Gasteiger partial charge on any atom is 0.309 e. The van der Waals surface area contributed by atoms with Crippen molar-refractivity contribution in [3.05, 3.63) is 59.2 Å². The van der Waals surface area contributed by atoms with Crippen molar-refractivity contribution in [3.63, 3.8) is 0 Å². The number of esters is 1. The van der Waals surface area contributed by atoms with Crippen LogP contribution in [0.25, 0.3) is 0 Å². The molecule has 3 rings (SSSR count). The van der Waals surface area contributed by atoms with E-state index >= 15 is 0 Å². The first-order valence-electron chi connectivity index (χ1n) is 10.6. The third-order valence-electron chi connectivity index (χ3n) is 5.67. The molecule has 1 heterocycles. The molecule has 1 amide bonds. The van der Waals surface area contributed by atoms with Gasteiger partial charge in [-0.3, -0.25) is 9.59 Å². The number of sulfonamides is 1. The number of halogens is 2. The lowest BCUT2D eigenvalue weighted by atomic mass is 9.98. The van der Waals surface area contributed by atoms with Gasteiger partial charge in [0.1, 0.15) is 0 Å². The summed E-state index contributed by atoms with van der Waals surface area (Å²) in [5.41, 5.74) is 2.59. The van der Waals surface area contributed by atoms with Gasteiger partial charge in [-0.05, 0) is 55.5 Å². The number of benzene rings is 2. The second-order valence-electron chi connectivity index (χ2n) is 7.87. The quantitative estimate of drug-likeness (QED) is 0.613. The fraction of sp³-hybridized carbons (Fsp3) is 0.391. The van der Waals surface area contributed by atoms with Gasteiger partial charge in [0.05, 0.1) is 10.8 Å². The number of para-hydroxylation sites is 1. The van der Waals surface area contributed by atoms with Crippen molar-refractivity contribution < 1.29 is 31.5 Å². The fourth-order valence-corrected chi connectivity index (χ4v) is 5.23. The molecule has 1 fully saturated rings. The Kier molecular flexibility index (Phi) is 7.80. The SMILES string of the molecule is CCc1cccc(C)c1NC(=O)COC(=O)C1CCN(S(=O)(=O)c2ccc(F)c(F)c2)CC1. The smallest absolute Gasteiger partial charge is 0.309 e. The van der Waals surface area contributed by atoms with Gasteiger partial charge >= 0.3 is 5.97 Å². The maximum atomic E-state index is 13.4. The normalized spacial score (nSPS) is 15.3. The lowest BCUT2D eigenvalue weighted by Gasteiger charge is -2.30. The van der Waals surface area contributed by atoms with Gasteiger partial charge in [-0.2, -0.15) is 4.31 Å². The maximum absolute atomic E-state index is 13.4. The van der Waals surface area contributed by atoms with Crippen LogP contribution in [0.2, 0.25) is 0 Å². The minimum absolute atomic E-state index is 0.0242. The van der Waals surface area contributed by atoms with Gasteiger partial charge < -0.3 is 10.1 Å². The van der Waals surface area contributed by atoms with Crippen LogP contribution in [-0.2, 0) is 30.8 Å². The van der Waals surface area contributed by atoms with Crippen molar-refractivity contribution in [2.45, 2.75) is 38.0 Å². The van der Waals surface area contributed by atoms with Gasteiger partial charge in [0, 0.05) is 18.8 Å². The number of anilines is 1. The summed E-state index contributed by atoms with van der Waals surface area (Å²) in [5, 5.41) is 2.78. The highest BCUT2D eigenvalue weighted by Gasteiger charge is 2.33. The van der Waals surface area contributed by atoms with Crippen LogP contribution in [0.15, 0.2) is 41.3 Å². The van der Waals surface area contributed by atoms with Crippen LogP contribution in [0.1, 0.15) is 30.9 Å². The van der Waals surface area contributed by atoms with Crippen molar-refractivity contribution in [3.8, 4) is 0 Å². The number of rotatable bonds is 7. The number of nitrogens with zero attached hydrogens (tertiary/aromatic N) is 1. The highest BCUT2D eigenvalue weighted by molar-refractivity contribution is 7.89. The molecular formula is C23H26F2N2O5S. The van der Waals surface area contributed by atoms with Crippen LogP contribution in [0.5, 0.6) is 0 Å². The van der Waals surface area contributed by atoms with E-state index in [4.69, 9.17) is 4.74 Å². The lowest BCUT2D eigenvalue weighted by molar-refractivity contribution is -0.152. The zero-order valence-electron chi connectivity index (χ0n) is 18.4. The molecule has 0 atom stereocenters. The number of hydrogen-bond acceptors (Lipinski definition) is 5. The molecule has 1 aliphatic rings. The average Bonchev–Trinajstić information content (AvgIpc) is 2.80. The van der Waals surface area contributed by atoms with Crippen LogP contribution in [0.3, 0.4) is 0 Å². The van der Waals surface area contributed by atoms with Crippen LogP contribution in [0, 0.1) is 24.5 Å².